The van der Waals surface area contributed by atoms with Gasteiger partial charge in [0, 0.05) is 16.8 Å². The third-order valence-electron chi connectivity index (χ3n) is 4.58. The SMILES string of the molecule is CCOC(=O)c1nn(Cc2cccc(OC)c2)c2c1CCc1[nH]ncc1-2. The van der Waals surface area contributed by atoms with E-state index in [1.54, 1.807) is 20.2 Å². The van der Waals surface area contributed by atoms with E-state index in [2.05, 4.69) is 15.3 Å². The van der Waals surface area contributed by atoms with Crippen molar-refractivity contribution in [2.45, 2.75) is 26.3 Å². The van der Waals surface area contributed by atoms with Gasteiger partial charge in [-0.15, -0.1) is 0 Å². The first-order valence-corrected chi connectivity index (χ1v) is 8.63. The summed E-state index contributed by atoms with van der Waals surface area (Å²) in [6.45, 7) is 2.66. The van der Waals surface area contributed by atoms with Crippen molar-refractivity contribution in [2.24, 2.45) is 0 Å². The first kappa shape index (κ1) is 16.4. The number of methoxy groups -OCH3 is 1. The van der Waals surface area contributed by atoms with E-state index in [9.17, 15) is 4.79 Å². The molecule has 3 aromatic rings. The molecular formula is C19H20N4O3. The average Bonchev–Trinajstić information content (AvgIpc) is 3.26. The van der Waals surface area contributed by atoms with Crippen LogP contribution in [0.2, 0.25) is 0 Å². The van der Waals surface area contributed by atoms with Crippen molar-refractivity contribution in [3.05, 3.63) is 53.0 Å². The minimum absolute atomic E-state index is 0.327. The van der Waals surface area contributed by atoms with Gasteiger partial charge in [0.25, 0.3) is 0 Å². The molecule has 7 heteroatoms. The Hall–Kier alpha value is -3.09. The predicted octanol–water partition coefficient (Wildman–Crippen LogP) is 2.61. The monoisotopic (exact) mass is 352 g/mol. The van der Waals surface area contributed by atoms with Gasteiger partial charge in [0.1, 0.15) is 5.75 Å². The highest BCUT2D eigenvalue weighted by Crippen LogP contribution is 2.35. The summed E-state index contributed by atoms with van der Waals surface area (Å²) >= 11 is 0. The fourth-order valence-electron chi connectivity index (χ4n) is 3.42. The Morgan fingerprint density at radius 2 is 2.23 bits per heavy atom. The second kappa shape index (κ2) is 6.67. The van der Waals surface area contributed by atoms with Crippen LogP contribution < -0.4 is 4.74 Å². The lowest BCUT2D eigenvalue weighted by Gasteiger charge is -2.15. The molecule has 0 unspecified atom stereocenters. The number of aromatic amines is 1. The van der Waals surface area contributed by atoms with E-state index in [0.29, 0.717) is 18.8 Å². The van der Waals surface area contributed by atoms with Gasteiger partial charge in [0.2, 0.25) is 0 Å². The van der Waals surface area contributed by atoms with Gasteiger partial charge in [0.05, 0.1) is 32.2 Å². The molecule has 2 heterocycles. The van der Waals surface area contributed by atoms with E-state index in [-0.39, 0.29) is 5.97 Å². The van der Waals surface area contributed by atoms with Gasteiger partial charge in [-0.3, -0.25) is 9.78 Å². The number of H-pyrrole nitrogens is 1. The fraction of sp³-hybridized carbons (Fsp3) is 0.316. The first-order valence-electron chi connectivity index (χ1n) is 8.63. The number of aryl methyl sites for hydroxylation is 1. The van der Waals surface area contributed by atoms with Crippen molar-refractivity contribution >= 4 is 5.97 Å². The molecule has 134 valence electrons. The molecule has 1 aromatic carbocycles. The molecule has 7 nitrogen and oxygen atoms in total. The fourth-order valence-corrected chi connectivity index (χ4v) is 3.42. The number of benzene rings is 1. The Kier molecular flexibility index (Phi) is 4.20. The Balaban J connectivity index is 1.80. The average molecular weight is 352 g/mol. The summed E-state index contributed by atoms with van der Waals surface area (Å²) in [4.78, 5) is 12.4. The molecule has 1 N–H and O–H groups in total. The molecule has 1 aliphatic carbocycles. The molecule has 0 amide bonds. The minimum atomic E-state index is -0.375. The maximum atomic E-state index is 12.4. The van der Waals surface area contributed by atoms with Crippen LogP contribution in [-0.4, -0.2) is 39.7 Å². The number of hydrogen-bond donors (Lipinski definition) is 1. The topological polar surface area (TPSA) is 82.0 Å². The number of esters is 1. The van der Waals surface area contributed by atoms with E-state index in [4.69, 9.17) is 9.47 Å². The number of aromatic nitrogens is 4. The third-order valence-corrected chi connectivity index (χ3v) is 4.58. The van der Waals surface area contributed by atoms with E-state index < -0.39 is 0 Å². The highest BCUT2D eigenvalue weighted by Gasteiger charge is 2.30. The minimum Gasteiger partial charge on any atom is -0.497 e. The molecule has 0 fully saturated rings. The third kappa shape index (κ3) is 2.75. The van der Waals surface area contributed by atoms with Gasteiger partial charge in [-0.1, -0.05) is 12.1 Å². The van der Waals surface area contributed by atoms with Crippen LogP contribution in [0.15, 0.2) is 30.5 Å². The normalized spacial score (nSPS) is 12.4. The van der Waals surface area contributed by atoms with Gasteiger partial charge >= 0.3 is 5.97 Å². The zero-order valence-corrected chi connectivity index (χ0v) is 14.8. The Morgan fingerprint density at radius 3 is 3.04 bits per heavy atom. The lowest BCUT2D eigenvalue weighted by atomic mass is 9.94. The van der Waals surface area contributed by atoms with E-state index in [0.717, 1.165) is 46.7 Å². The molecule has 0 radical (unpaired) electrons. The number of nitrogens with zero attached hydrogens (tertiary/aromatic N) is 3. The van der Waals surface area contributed by atoms with Crippen molar-refractivity contribution in [1.82, 2.24) is 20.0 Å². The number of carbonyl (C=O) groups is 1. The van der Waals surface area contributed by atoms with Crippen molar-refractivity contribution < 1.29 is 14.3 Å². The molecule has 0 saturated heterocycles. The summed E-state index contributed by atoms with van der Waals surface area (Å²) < 4.78 is 12.4. The number of rotatable bonds is 5. The summed E-state index contributed by atoms with van der Waals surface area (Å²) in [6, 6.07) is 7.83. The van der Waals surface area contributed by atoms with Crippen molar-refractivity contribution in [1.29, 1.82) is 0 Å². The summed E-state index contributed by atoms with van der Waals surface area (Å²) in [7, 11) is 1.64. The highest BCUT2D eigenvalue weighted by molar-refractivity contribution is 5.92. The Labute approximate surface area is 150 Å². The lowest BCUT2D eigenvalue weighted by molar-refractivity contribution is 0.0517. The molecule has 26 heavy (non-hydrogen) atoms. The standard InChI is InChI=1S/C19H20N4O3/c1-3-26-19(24)17-14-7-8-16-15(10-20-21-16)18(14)23(22-17)11-12-5-4-6-13(9-12)25-2/h4-6,9-10H,3,7-8,11H2,1-2H3,(H,20,21). The number of ether oxygens (including phenoxy) is 2. The summed E-state index contributed by atoms with van der Waals surface area (Å²) in [5.41, 5.74) is 5.38. The molecule has 0 atom stereocenters. The second-order valence-corrected chi connectivity index (χ2v) is 6.17. The largest absolute Gasteiger partial charge is 0.497 e. The van der Waals surface area contributed by atoms with Crippen LogP contribution in [0.25, 0.3) is 11.3 Å². The molecule has 1 aliphatic rings. The summed E-state index contributed by atoms with van der Waals surface area (Å²) in [5, 5.41) is 11.8. The number of nitrogens with one attached hydrogen (secondary N) is 1. The van der Waals surface area contributed by atoms with Crippen LogP contribution in [0, 0.1) is 0 Å². The predicted molar refractivity (Wildman–Crippen MR) is 95.3 cm³/mol. The Bertz CT molecular complexity index is 958. The van der Waals surface area contributed by atoms with Gasteiger partial charge in [-0.2, -0.15) is 10.2 Å². The zero-order valence-electron chi connectivity index (χ0n) is 14.8. The summed E-state index contributed by atoms with van der Waals surface area (Å²) in [6.07, 6.45) is 3.34. The van der Waals surface area contributed by atoms with Crippen LogP contribution in [0.5, 0.6) is 5.75 Å². The lowest BCUT2D eigenvalue weighted by Crippen LogP contribution is -2.10. The molecule has 0 bridgehead atoms. The van der Waals surface area contributed by atoms with E-state index in [1.807, 2.05) is 28.9 Å². The second-order valence-electron chi connectivity index (χ2n) is 6.17. The highest BCUT2D eigenvalue weighted by atomic mass is 16.5. The van der Waals surface area contributed by atoms with Crippen molar-refractivity contribution in [2.75, 3.05) is 13.7 Å². The van der Waals surface area contributed by atoms with Gasteiger partial charge < -0.3 is 9.47 Å². The van der Waals surface area contributed by atoms with Crippen LogP contribution >= 0.6 is 0 Å². The number of hydrogen-bond acceptors (Lipinski definition) is 5. The van der Waals surface area contributed by atoms with Crippen LogP contribution in [-0.2, 0) is 24.1 Å². The molecule has 2 aromatic heterocycles. The quantitative estimate of drug-likeness (QED) is 0.714. The van der Waals surface area contributed by atoms with Crippen LogP contribution in [0.4, 0.5) is 0 Å². The maximum absolute atomic E-state index is 12.4. The molecule has 0 spiro atoms. The number of fused-ring (bicyclic) bond motifs is 3. The van der Waals surface area contributed by atoms with Crippen LogP contribution in [0.1, 0.15) is 34.2 Å². The van der Waals surface area contributed by atoms with Crippen LogP contribution in [0.3, 0.4) is 0 Å². The van der Waals surface area contributed by atoms with Gasteiger partial charge in [-0.05, 0) is 37.5 Å². The molecule has 0 aliphatic heterocycles. The molecule has 0 saturated carbocycles. The zero-order chi connectivity index (χ0) is 18.1. The summed E-state index contributed by atoms with van der Waals surface area (Å²) in [5.74, 6) is 0.415. The smallest absolute Gasteiger partial charge is 0.359 e. The first-order chi connectivity index (χ1) is 12.7. The van der Waals surface area contributed by atoms with Crippen molar-refractivity contribution in [3.8, 4) is 17.0 Å². The van der Waals surface area contributed by atoms with Gasteiger partial charge in [0.15, 0.2) is 5.69 Å². The van der Waals surface area contributed by atoms with Crippen molar-refractivity contribution in [3.63, 3.8) is 0 Å². The Morgan fingerprint density at radius 1 is 1.35 bits per heavy atom. The molecular weight excluding hydrogens is 332 g/mol. The number of carbonyl (C=O) groups excluding carboxylic acids is 1. The van der Waals surface area contributed by atoms with E-state index in [1.165, 1.54) is 0 Å². The van der Waals surface area contributed by atoms with E-state index >= 15 is 0 Å². The molecule has 4 rings (SSSR count). The van der Waals surface area contributed by atoms with Gasteiger partial charge in [-0.25, -0.2) is 4.79 Å². The maximum Gasteiger partial charge on any atom is 0.359 e.